The molecule has 4 aromatic rings. The fourth-order valence-corrected chi connectivity index (χ4v) is 3.06. The molecule has 162 valence electrons. The van der Waals surface area contributed by atoms with Gasteiger partial charge in [0, 0.05) is 23.8 Å². The van der Waals surface area contributed by atoms with E-state index in [0.717, 1.165) is 10.1 Å². The number of nitrogens with zero attached hydrogens (tertiary/aromatic N) is 4. The van der Waals surface area contributed by atoms with Crippen molar-refractivity contribution in [1.29, 1.82) is 0 Å². The van der Waals surface area contributed by atoms with Crippen molar-refractivity contribution in [2.75, 3.05) is 11.1 Å². The molecule has 0 radical (unpaired) electrons. The Balaban J connectivity index is 1.60. The standard InChI is InChI=1S/C22H19ClN6O3/c1-28-21(30)27-20(29(22(28)31)13-14-5-7-15(23)8-6-14)25-16-9-11-17(12-10-16)32-19-4-2-3-18(24)26-19/h2-12H,13H2,1H3,(H2,24,26)(H,25,27,30). The third-order valence-corrected chi connectivity index (χ3v) is 4.85. The van der Waals surface area contributed by atoms with Crippen molar-refractivity contribution in [3.8, 4) is 11.6 Å². The lowest BCUT2D eigenvalue weighted by molar-refractivity contribution is 0.464. The smallest absolute Gasteiger partial charge is 0.354 e. The van der Waals surface area contributed by atoms with Crippen LogP contribution < -0.4 is 27.2 Å². The summed E-state index contributed by atoms with van der Waals surface area (Å²) in [7, 11) is 1.39. The van der Waals surface area contributed by atoms with Gasteiger partial charge in [0.1, 0.15) is 11.6 Å². The molecule has 2 heterocycles. The fourth-order valence-electron chi connectivity index (χ4n) is 2.93. The first kappa shape index (κ1) is 21.1. The number of ether oxygens (including phenoxy) is 1. The molecule has 0 bridgehead atoms. The second kappa shape index (κ2) is 8.94. The molecule has 0 aliphatic carbocycles. The molecule has 0 atom stereocenters. The monoisotopic (exact) mass is 450 g/mol. The Morgan fingerprint density at radius 2 is 1.72 bits per heavy atom. The number of rotatable bonds is 6. The predicted octanol–water partition coefficient (Wildman–Crippen LogP) is 3.16. The molecule has 3 N–H and O–H groups in total. The zero-order valence-electron chi connectivity index (χ0n) is 17.0. The van der Waals surface area contributed by atoms with Crippen LogP contribution in [0.15, 0.2) is 76.3 Å². The van der Waals surface area contributed by atoms with Crippen LogP contribution in [-0.4, -0.2) is 19.1 Å². The van der Waals surface area contributed by atoms with Crippen molar-refractivity contribution in [3.05, 3.63) is 98.3 Å². The molecule has 0 saturated heterocycles. The molecule has 0 aliphatic rings. The normalized spacial score (nSPS) is 10.7. The summed E-state index contributed by atoms with van der Waals surface area (Å²) in [5.74, 6) is 1.40. The van der Waals surface area contributed by atoms with E-state index in [1.807, 2.05) is 0 Å². The average Bonchev–Trinajstić information content (AvgIpc) is 2.78. The molecule has 32 heavy (non-hydrogen) atoms. The molecule has 4 rings (SSSR count). The van der Waals surface area contributed by atoms with Gasteiger partial charge in [0.2, 0.25) is 11.8 Å². The highest BCUT2D eigenvalue weighted by Crippen LogP contribution is 2.23. The topological polar surface area (TPSA) is 117 Å². The van der Waals surface area contributed by atoms with Crippen LogP contribution in [0, 0.1) is 0 Å². The highest BCUT2D eigenvalue weighted by Gasteiger charge is 2.12. The fraction of sp³-hybridized carbons (Fsp3) is 0.0909. The SMILES string of the molecule is Cn1c(=O)nc(Nc2ccc(Oc3cccc(N)n3)cc2)n(Cc2ccc(Cl)cc2)c1=O. The lowest BCUT2D eigenvalue weighted by Crippen LogP contribution is -2.41. The summed E-state index contributed by atoms with van der Waals surface area (Å²) in [5.41, 5.74) is 5.96. The summed E-state index contributed by atoms with van der Waals surface area (Å²) < 4.78 is 8.01. The van der Waals surface area contributed by atoms with Crippen molar-refractivity contribution < 1.29 is 4.74 Å². The maximum absolute atomic E-state index is 12.7. The van der Waals surface area contributed by atoms with Gasteiger partial charge in [0.25, 0.3) is 0 Å². The number of pyridine rings is 1. The average molecular weight is 451 g/mol. The summed E-state index contributed by atoms with van der Waals surface area (Å²) in [6.45, 7) is 0.210. The van der Waals surface area contributed by atoms with Crippen LogP contribution in [0.1, 0.15) is 5.56 Å². The predicted molar refractivity (Wildman–Crippen MR) is 123 cm³/mol. The minimum Gasteiger partial charge on any atom is -0.439 e. The zero-order valence-corrected chi connectivity index (χ0v) is 17.8. The Kier molecular flexibility index (Phi) is 5.91. The van der Waals surface area contributed by atoms with Gasteiger partial charge in [-0.25, -0.2) is 14.2 Å². The van der Waals surface area contributed by atoms with Crippen molar-refractivity contribution in [2.24, 2.45) is 7.05 Å². The van der Waals surface area contributed by atoms with Crippen LogP contribution in [0.2, 0.25) is 5.02 Å². The lowest BCUT2D eigenvalue weighted by Gasteiger charge is -2.14. The maximum Gasteiger partial charge on any atom is 0.354 e. The minimum absolute atomic E-state index is 0.124. The van der Waals surface area contributed by atoms with Gasteiger partial charge in [-0.1, -0.05) is 29.8 Å². The summed E-state index contributed by atoms with van der Waals surface area (Å²) in [6, 6.07) is 19.1. The number of nitrogens with two attached hydrogens (primary N) is 1. The molecule has 10 heteroatoms. The summed E-state index contributed by atoms with van der Waals surface area (Å²) in [4.78, 5) is 33.0. The Morgan fingerprint density at radius 3 is 2.41 bits per heavy atom. The molecule has 0 aliphatic heterocycles. The Bertz CT molecular complexity index is 1360. The molecule has 0 unspecified atom stereocenters. The third-order valence-electron chi connectivity index (χ3n) is 4.59. The van der Waals surface area contributed by atoms with E-state index >= 15 is 0 Å². The van der Waals surface area contributed by atoms with Crippen LogP contribution in [0.3, 0.4) is 0 Å². The third kappa shape index (κ3) is 4.79. The van der Waals surface area contributed by atoms with E-state index in [0.29, 0.717) is 28.2 Å². The molecule has 9 nitrogen and oxygen atoms in total. The molecule has 0 fully saturated rings. The molecule has 2 aromatic heterocycles. The molecular formula is C22H19ClN6O3. The summed E-state index contributed by atoms with van der Waals surface area (Å²) in [5, 5.41) is 3.63. The number of hydrogen-bond donors (Lipinski definition) is 2. The second-order valence-corrected chi connectivity index (χ2v) is 7.36. The van der Waals surface area contributed by atoms with Gasteiger partial charge in [-0.05, 0) is 48.0 Å². The first-order chi connectivity index (χ1) is 15.4. The number of nitrogens with one attached hydrogen (secondary N) is 1. The van der Waals surface area contributed by atoms with Crippen molar-refractivity contribution in [1.82, 2.24) is 19.1 Å². The number of hydrogen-bond acceptors (Lipinski definition) is 7. The van der Waals surface area contributed by atoms with Gasteiger partial charge in [0.15, 0.2) is 0 Å². The largest absolute Gasteiger partial charge is 0.439 e. The quantitative estimate of drug-likeness (QED) is 0.463. The van der Waals surface area contributed by atoms with Crippen LogP contribution in [0.25, 0.3) is 0 Å². The molecular weight excluding hydrogens is 432 g/mol. The van der Waals surface area contributed by atoms with E-state index in [1.165, 1.54) is 11.6 Å². The van der Waals surface area contributed by atoms with Gasteiger partial charge in [-0.3, -0.25) is 4.57 Å². The minimum atomic E-state index is -0.655. The molecule has 0 saturated carbocycles. The molecule has 0 amide bonds. The van der Waals surface area contributed by atoms with Crippen molar-refractivity contribution in [2.45, 2.75) is 6.54 Å². The van der Waals surface area contributed by atoms with Gasteiger partial charge in [-0.2, -0.15) is 9.97 Å². The highest BCUT2D eigenvalue weighted by atomic mass is 35.5. The number of anilines is 3. The lowest BCUT2D eigenvalue weighted by atomic mass is 10.2. The van der Waals surface area contributed by atoms with E-state index in [4.69, 9.17) is 22.1 Å². The zero-order chi connectivity index (χ0) is 22.7. The Hall–Kier alpha value is -4.11. The number of nitrogen functional groups attached to an aromatic ring is 1. The van der Waals surface area contributed by atoms with Crippen molar-refractivity contribution in [3.63, 3.8) is 0 Å². The van der Waals surface area contributed by atoms with E-state index < -0.39 is 11.4 Å². The number of aromatic nitrogens is 4. The summed E-state index contributed by atoms with van der Waals surface area (Å²) >= 11 is 5.94. The van der Waals surface area contributed by atoms with Gasteiger partial charge >= 0.3 is 11.4 Å². The van der Waals surface area contributed by atoms with Crippen LogP contribution >= 0.6 is 11.6 Å². The molecule has 2 aromatic carbocycles. The number of halogens is 1. The Labute approximate surface area is 187 Å². The summed E-state index contributed by atoms with van der Waals surface area (Å²) in [6.07, 6.45) is 0. The Morgan fingerprint density at radius 1 is 1.00 bits per heavy atom. The second-order valence-electron chi connectivity index (χ2n) is 6.92. The van der Waals surface area contributed by atoms with Crippen molar-refractivity contribution >= 4 is 29.1 Å². The maximum atomic E-state index is 12.7. The van der Waals surface area contributed by atoms with Crippen LogP contribution in [0.5, 0.6) is 11.6 Å². The van der Waals surface area contributed by atoms with E-state index in [1.54, 1.807) is 66.7 Å². The van der Waals surface area contributed by atoms with Crippen LogP contribution in [-0.2, 0) is 13.6 Å². The first-order valence-corrected chi connectivity index (χ1v) is 9.96. The van der Waals surface area contributed by atoms with Gasteiger partial charge in [-0.15, -0.1) is 0 Å². The first-order valence-electron chi connectivity index (χ1n) is 9.59. The van der Waals surface area contributed by atoms with E-state index in [2.05, 4.69) is 15.3 Å². The van der Waals surface area contributed by atoms with E-state index in [-0.39, 0.29) is 12.5 Å². The van der Waals surface area contributed by atoms with E-state index in [9.17, 15) is 9.59 Å². The van der Waals surface area contributed by atoms with Gasteiger partial charge < -0.3 is 15.8 Å². The highest BCUT2D eigenvalue weighted by molar-refractivity contribution is 6.30. The molecule has 0 spiro atoms. The number of benzene rings is 2. The van der Waals surface area contributed by atoms with Gasteiger partial charge in [0.05, 0.1) is 6.54 Å². The van der Waals surface area contributed by atoms with Crippen LogP contribution in [0.4, 0.5) is 17.5 Å².